The second kappa shape index (κ2) is 8.12. The second-order valence-electron chi connectivity index (χ2n) is 6.90. The number of anilines is 1. The number of sulfonamides is 1. The highest BCUT2D eigenvalue weighted by Gasteiger charge is 2.33. The van der Waals surface area contributed by atoms with E-state index >= 15 is 0 Å². The van der Waals surface area contributed by atoms with Crippen LogP contribution in [0, 0.1) is 12.8 Å². The molecule has 8 heteroatoms. The summed E-state index contributed by atoms with van der Waals surface area (Å²) in [7, 11) is -3.83. The van der Waals surface area contributed by atoms with Gasteiger partial charge in [0.1, 0.15) is 0 Å². The first-order valence-corrected chi connectivity index (χ1v) is 10.5. The van der Waals surface area contributed by atoms with Crippen molar-refractivity contribution >= 4 is 27.5 Å². The van der Waals surface area contributed by atoms with Crippen molar-refractivity contribution in [2.75, 3.05) is 18.4 Å². The first-order valence-electron chi connectivity index (χ1n) is 9.05. The molecule has 28 heavy (non-hydrogen) atoms. The second-order valence-corrected chi connectivity index (χ2v) is 8.84. The number of primary amides is 1. The molecule has 1 heterocycles. The van der Waals surface area contributed by atoms with Gasteiger partial charge in [-0.1, -0.05) is 24.3 Å². The van der Waals surface area contributed by atoms with Crippen molar-refractivity contribution in [3.8, 4) is 0 Å². The molecule has 0 radical (unpaired) electrons. The molecule has 0 saturated carbocycles. The summed E-state index contributed by atoms with van der Waals surface area (Å²) in [5.41, 5.74) is 6.81. The maximum atomic E-state index is 13.0. The van der Waals surface area contributed by atoms with Gasteiger partial charge in [-0.2, -0.15) is 4.31 Å². The SMILES string of the molecule is Cc1ccc(S(=O)(=O)N2CCCC(C(=O)Nc3ccccc3)C2)cc1C(N)=O. The first kappa shape index (κ1) is 20.0. The molecule has 1 aliphatic heterocycles. The van der Waals surface area contributed by atoms with E-state index in [2.05, 4.69) is 5.32 Å². The Hall–Kier alpha value is -2.71. The van der Waals surface area contributed by atoms with Gasteiger partial charge in [-0.05, 0) is 49.6 Å². The Balaban J connectivity index is 1.78. The molecule has 3 N–H and O–H groups in total. The average Bonchev–Trinajstić information content (AvgIpc) is 2.68. The summed E-state index contributed by atoms with van der Waals surface area (Å²) in [6, 6.07) is 13.4. The third-order valence-electron chi connectivity index (χ3n) is 4.91. The number of piperidine rings is 1. The van der Waals surface area contributed by atoms with E-state index in [4.69, 9.17) is 5.73 Å². The zero-order valence-corrected chi connectivity index (χ0v) is 16.4. The molecule has 1 atom stereocenters. The van der Waals surface area contributed by atoms with Gasteiger partial charge in [-0.25, -0.2) is 8.42 Å². The summed E-state index contributed by atoms with van der Waals surface area (Å²) in [5, 5.41) is 2.83. The number of hydrogen-bond donors (Lipinski definition) is 2. The predicted octanol–water partition coefficient (Wildman–Crippen LogP) is 2.13. The van der Waals surface area contributed by atoms with E-state index in [1.807, 2.05) is 18.2 Å². The first-order chi connectivity index (χ1) is 13.3. The van der Waals surface area contributed by atoms with Crippen molar-refractivity contribution in [1.29, 1.82) is 0 Å². The Kier molecular flexibility index (Phi) is 5.81. The van der Waals surface area contributed by atoms with E-state index in [1.165, 1.54) is 16.4 Å². The minimum Gasteiger partial charge on any atom is -0.366 e. The smallest absolute Gasteiger partial charge is 0.249 e. The largest absolute Gasteiger partial charge is 0.366 e. The van der Waals surface area contributed by atoms with Gasteiger partial charge < -0.3 is 11.1 Å². The van der Waals surface area contributed by atoms with Gasteiger partial charge in [0.25, 0.3) is 0 Å². The minimum absolute atomic E-state index is 0.0102. The average molecular weight is 401 g/mol. The Labute approximate surface area is 164 Å². The Morgan fingerprint density at radius 3 is 2.54 bits per heavy atom. The van der Waals surface area contributed by atoms with E-state index < -0.39 is 21.8 Å². The van der Waals surface area contributed by atoms with E-state index in [-0.39, 0.29) is 22.9 Å². The Morgan fingerprint density at radius 2 is 1.86 bits per heavy atom. The van der Waals surface area contributed by atoms with Gasteiger partial charge in [0.2, 0.25) is 21.8 Å². The standard InChI is InChI=1S/C20H23N3O4S/c1-14-9-10-17(12-18(14)19(21)24)28(26,27)23-11-5-6-15(13-23)20(25)22-16-7-3-2-4-8-16/h2-4,7-10,12,15H,5-6,11,13H2,1H3,(H2,21,24)(H,22,25). The van der Waals surface area contributed by atoms with Gasteiger partial charge in [-0.15, -0.1) is 0 Å². The molecule has 1 saturated heterocycles. The van der Waals surface area contributed by atoms with E-state index in [1.54, 1.807) is 25.1 Å². The fourth-order valence-corrected chi connectivity index (χ4v) is 4.87. The molecular formula is C20H23N3O4S. The monoisotopic (exact) mass is 401 g/mol. The van der Waals surface area contributed by atoms with E-state index in [9.17, 15) is 18.0 Å². The highest BCUT2D eigenvalue weighted by molar-refractivity contribution is 7.89. The number of hydrogen-bond acceptors (Lipinski definition) is 4. The molecule has 0 bridgehead atoms. The quantitative estimate of drug-likeness (QED) is 0.800. The lowest BCUT2D eigenvalue weighted by atomic mass is 9.99. The van der Waals surface area contributed by atoms with Crippen LogP contribution >= 0.6 is 0 Å². The number of carbonyl (C=O) groups is 2. The fourth-order valence-electron chi connectivity index (χ4n) is 3.32. The summed E-state index contributed by atoms with van der Waals surface area (Å²) in [5.74, 6) is -1.31. The number of amides is 2. The summed E-state index contributed by atoms with van der Waals surface area (Å²) in [6.45, 7) is 2.12. The zero-order chi connectivity index (χ0) is 20.3. The molecule has 2 aromatic carbocycles. The van der Waals surface area contributed by atoms with Crippen molar-refractivity contribution in [2.45, 2.75) is 24.7 Å². The maximum absolute atomic E-state index is 13.0. The van der Waals surface area contributed by atoms with Crippen LogP contribution in [0.2, 0.25) is 0 Å². The van der Waals surface area contributed by atoms with Gasteiger partial charge >= 0.3 is 0 Å². The molecule has 0 spiro atoms. The Morgan fingerprint density at radius 1 is 1.14 bits per heavy atom. The van der Waals surface area contributed by atoms with Crippen LogP contribution in [-0.2, 0) is 14.8 Å². The normalized spacial score (nSPS) is 17.8. The van der Waals surface area contributed by atoms with Crippen LogP contribution in [0.4, 0.5) is 5.69 Å². The molecule has 3 rings (SSSR count). The third-order valence-corrected chi connectivity index (χ3v) is 6.77. The highest BCUT2D eigenvalue weighted by Crippen LogP contribution is 2.26. The number of nitrogens with zero attached hydrogens (tertiary/aromatic N) is 1. The molecule has 2 amide bonds. The molecular weight excluding hydrogens is 378 g/mol. The third kappa shape index (κ3) is 4.23. The molecule has 1 unspecified atom stereocenters. The molecule has 0 aliphatic carbocycles. The lowest BCUT2D eigenvalue weighted by Crippen LogP contribution is -2.43. The number of nitrogens with one attached hydrogen (secondary N) is 1. The number of para-hydroxylation sites is 1. The number of benzene rings is 2. The lowest BCUT2D eigenvalue weighted by Gasteiger charge is -2.31. The van der Waals surface area contributed by atoms with Gasteiger partial charge in [0, 0.05) is 24.3 Å². The molecule has 148 valence electrons. The molecule has 7 nitrogen and oxygen atoms in total. The fraction of sp³-hybridized carbons (Fsp3) is 0.300. The summed E-state index contributed by atoms with van der Waals surface area (Å²) >= 11 is 0. The molecule has 1 fully saturated rings. The van der Waals surface area contributed by atoms with Crippen molar-refractivity contribution in [3.63, 3.8) is 0 Å². The van der Waals surface area contributed by atoms with Crippen LogP contribution in [0.1, 0.15) is 28.8 Å². The molecule has 1 aliphatic rings. The molecule has 0 aromatic heterocycles. The zero-order valence-electron chi connectivity index (χ0n) is 15.6. The number of rotatable bonds is 5. The molecule has 2 aromatic rings. The van der Waals surface area contributed by atoms with Crippen LogP contribution in [-0.4, -0.2) is 37.6 Å². The van der Waals surface area contributed by atoms with Crippen molar-refractivity contribution < 1.29 is 18.0 Å². The highest BCUT2D eigenvalue weighted by atomic mass is 32.2. The van der Waals surface area contributed by atoms with Crippen LogP contribution in [0.3, 0.4) is 0 Å². The summed E-state index contributed by atoms with van der Waals surface area (Å²) < 4.78 is 27.4. The maximum Gasteiger partial charge on any atom is 0.249 e. The van der Waals surface area contributed by atoms with Crippen LogP contribution in [0.15, 0.2) is 53.4 Å². The van der Waals surface area contributed by atoms with Gasteiger partial charge in [0.05, 0.1) is 10.8 Å². The minimum atomic E-state index is -3.83. The number of aryl methyl sites for hydroxylation is 1. The van der Waals surface area contributed by atoms with Crippen molar-refractivity contribution in [3.05, 3.63) is 59.7 Å². The van der Waals surface area contributed by atoms with Gasteiger partial charge in [0.15, 0.2) is 0 Å². The summed E-state index contributed by atoms with van der Waals surface area (Å²) in [6.07, 6.45) is 1.20. The predicted molar refractivity (Wildman–Crippen MR) is 106 cm³/mol. The van der Waals surface area contributed by atoms with Crippen LogP contribution in [0.5, 0.6) is 0 Å². The van der Waals surface area contributed by atoms with Crippen LogP contribution < -0.4 is 11.1 Å². The van der Waals surface area contributed by atoms with Crippen molar-refractivity contribution in [2.24, 2.45) is 11.7 Å². The van der Waals surface area contributed by atoms with Crippen molar-refractivity contribution in [1.82, 2.24) is 4.31 Å². The summed E-state index contributed by atoms with van der Waals surface area (Å²) in [4.78, 5) is 24.1. The number of nitrogens with two attached hydrogens (primary N) is 1. The van der Waals surface area contributed by atoms with E-state index in [0.29, 0.717) is 30.6 Å². The van der Waals surface area contributed by atoms with Gasteiger partial charge in [-0.3, -0.25) is 9.59 Å². The van der Waals surface area contributed by atoms with E-state index in [0.717, 1.165) is 0 Å². The topological polar surface area (TPSA) is 110 Å². The Bertz CT molecular complexity index is 990. The lowest BCUT2D eigenvalue weighted by molar-refractivity contribution is -0.120. The van der Waals surface area contributed by atoms with Crippen LogP contribution in [0.25, 0.3) is 0 Å². The number of carbonyl (C=O) groups excluding carboxylic acids is 2.